The number of fused-ring (bicyclic) bond motifs is 1. The van der Waals surface area contributed by atoms with Crippen molar-refractivity contribution in [1.29, 1.82) is 0 Å². The van der Waals surface area contributed by atoms with Crippen LogP contribution in [0.4, 0.5) is 4.39 Å². The Balaban J connectivity index is 1.88. The van der Waals surface area contributed by atoms with Crippen LogP contribution >= 0.6 is 0 Å². The number of aryl methyl sites for hydroxylation is 1. The maximum absolute atomic E-state index is 13.6. The summed E-state index contributed by atoms with van der Waals surface area (Å²) >= 11 is 0. The lowest BCUT2D eigenvalue weighted by atomic mass is 10.2. The number of hydrogen-bond acceptors (Lipinski definition) is 4. The Kier molecular flexibility index (Phi) is 4.42. The third kappa shape index (κ3) is 3.18. The normalized spacial score (nSPS) is 10.8. The van der Waals surface area contributed by atoms with Crippen LogP contribution in [0.1, 0.15) is 5.56 Å². The molecule has 0 aliphatic rings. The lowest BCUT2D eigenvalue weighted by Crippen LogP contribution is -2.43. The van der Waals surface area contributed by atoms with E-state index in [-0.39, 0.29) is 13.1 Å². The van der Waals surface area contributed by atoms with Gasteiger partial charge in [0.1, 0.15) is 12.4 Å². The van der Waals surface area contributed by atoms with Crippen molar-refractivity contribution in [3.63, 3.8) is 0 Å². The molecule has 7 nitrogen and oxygen atoms in total. The van der Waals surface area contributed by atoms with Crippen LogP contribution in [0.3, 0.4) is 0 Å². The van der Waals surface area contributed by atoms with Crippen LogP contribution in [0.2, 0.25) is 0 Å². The van der Waals surface area contributed by atoms with Crippen LogP contribution in [0.5, 0.6) is 0 Å². The van der Waals surface area contributed by atoms with E-state index in [9.17, 15) is 18.8 Å². The third-order valence-corrected chi connectivity index (χ3v) is 3.84. The first-order chi connectivity index (χ1) is 12.0. The molecule has 1 N–H and O–H groups in total. The highest BCUT2D eigenvalue weighted by Crippen LogP contribution is 2.07. The lowest BCUT2D eigenvalue weighted by molar-refractivity contribution is -0.121. The summed E-state index contributed by atoms with van der Waals surface area (Å²) in [6.07, 6.45) is 1.49. The second kappa shape index (κ2) is 6.68. The molecule has 0 saturated heterocycles. The number of rotatable bonds is 4. The standard InChI is InChI=1S/C17H15FN4O3/c1-21-15-13(7-4-8-19-15)22(17(25)16(21)24)10-14(23)20-9-11-5-2-3-6-12(11)18/h2-8H,9-10H2,1H3,(H,20,23). The Hall–Kier alpha value is -3.29. The number of amides is 1. The van der Waals surface area contributed by atoms with Crippen LogP contribution in [-0.4, -0.2) is 20.0 Å². The summed E-state index contributed by atoms with van der Waals surface area (Å²) in [6, 6.07) is 9.28. The molecule has 0 aliphatic carbocycles. The van der Waals surface area contributed by atoms with Gasteiger partial charge in [0.05, 0.1) is 5.52 Å². The zero-order valence-electron chi connectivity index (χ0n) is 13.4. The molecule has 25 heavy (non-hydrogen) atoms. The molecule has 3 aromatic rings. The predicted molar refractivity (Wildman–Crippen MR) is 89.5 cm³/mol. The summed E-state index contributed by atoms with van der Waals surface area (Å²) in [7, 11) is 1.45. The number of pyridine rings is 1. The molecule has 0 saturated carbocycles. The minimum absolute atomic E-state index is 0.0126. The molecular formula is C17H15FN4O3. The maximum atomic E-state index is 13.6. The van der Waals surface area contributed by atoms with Gasteiger partial charge in [0.25, 0.3) is 0 Å². The second-order valence-corrected chi connectivity index (χ2v) is 5.47. The minimum atomic E-state index is -0.816. The van der Waals surface area contributed by atoms with Gasteiger partial charge in [0.15, 0.2) is 5.65 Å². The molecule has 1 aromatic carbocycles. The van der Waals surface area contributed by atoms with Gasteiger partial charge in [0.2, 0.25) is 5.91 Å². The van der Waals surface area contributed by atoms with Crippen molar-refractivity contribution in [3.05, 3.63) is 74.7 Å². The number of carbonyl (C=O) groups is 1. The Labute approximate surface area is 141 Å². The van der Waals surface area contributed by atoms with Crippen LogP contribution in [-0.2, 0) is 24.9 Å². The van der Waals surface area contributed by atoms with Crippen molar-refractivity contribution in [2.75, 3.05) is 0 Å². The van der Waals surface area contributed by atoms with E-state index in [0.717, 1.165) is 9.13 Å². The first-order valence-corrected chi connectivity index (χ1v) is 7.53. The SMILES string of the molecule is Cn1c(=O)c(=O)n(CC(=O)NCc2ccccc2F)c2cccnc21. The zero-order valence-corrected chi connectivity index (χ0v) is 13.4. The Bertz CT molecular complexity index is 1070. The molecule has 1 amide bonds. The number of benzene rings is 1. The number of aromatic nitrogens is 3. The molecule has 0 fully saturated rings. The van der Waals surface area contributed by atoms with Crippen LogP contribution < -0.4 is 16.4 Å². The highest BCUT2D eigenvalue weighted by Gasteiger charge is 2.14. The molecule has 3 rings (SSSR count). The summed E-state index contributed by atoms with van der Waals surface area (Å²) in [4.78, 5) is 40.5. The fourth-order valence-corrected chi connectivity index (χ4v) is 2.51. The van der Waals surface area contributed by atoms with Gasteiger partial charge in [-0.1, -0.05) is 18.2 Å². The van der Waals surface area contributed by atoms with Gasteiger partial charge in [-0.3, -0.25) is 23.5 Å². The number of halogens is 1. The van der Waals surface area contributed by atoms with Gasteiger partial charge < -0.3 is 5.32 Å². The Morgan fingerprint density at radius 1 is 1.16 bits per heavy atom. The van der Waals surface area contributed by atoms with E-state index >= 15 is 0 Å². The molecular weight excluding hydrogens is 327 g/mol. The molecule has 0 bridgehead atoms. The first kappa shape index (κ1) is 16.6. The maximum Gasteiger partial charge on any atom is 0.317 e. The fourth-order valence-electron chi connectivity index (χ4n) is 2.51. The molecule has 128 valence electrons. The third-order valence-electron chi connectivity index (χ3n) is 3.84. The topological polar surface area (TPSA) is 86.0 Å². The average Bonchev–Trinajstić information content (AvgIpc) is 2.63. The largest absolute Gasteiger partial charge is 0.350 e. The monoisotopic (exact) mass is 342 g/mol. The molecule has 0 unspecified atom stereocenters. The highest BCUT2D eigenvalue weighted by molar-refractivity contribution is 5.78. The minimum Gasteiger partial charge on any atom is -0.350 e. The molecule has 0 atom stereocenters. The van der Waals surface area contributed by atoms with Gasteiger partial charge in [0, 0.05) is 25.4 Å². The van der Waals surface area contributed by atoms with Crippen LogP contribution in [0.15, 0.2) is 52.2 Å². The van der Waals surface area contributed by atoms with Gasteiger partial charge in [-0.2, -0.15) is 0 Å². The van der Waals surface area contributed by atoms with E-state index in [1.165, 1.54) is 19.3 Å². The second-order valence-electron chi connectivity index (χ2n) is 5.47. The number of hydrogen-bond donors (Lipinski definition) is 1. The van der Waals surface area contributed by atoms with Gasteiger partial charge in [-0.15, -0.1) is 0 Å². The summed E-state index contributed by atoms with van der Waals surface area (Å²) in [5, 5.41) is 2.55. The van der Waals surface area contributed by atoms with E-state index < -0.39 is 22.8 Å². The van der Waals surface area contributed by atoms with E-state index in [4.69, 9.17) is 0 Å². The first-order valence-electron chi connectivity index (χ1n) is 7.53. The van der Waals surface area contributed by atoms with E-state index in [1.807, 2.05) is 0 Å². The highest BCUT2D eigenvalue weighted by atomic mass is 19.1. The molecule has 0 aliphatic heterocycles. The van der Waals surface area contributed by atoms with E-state index in [2.05, 4.69) is 10.3 Å². The molecule has 2 heterocycles. The summed E-state index contributed by atoms with van der Waals surface area (Å²) in [6.45, 7) is -0.368. The van der Waals surface area contributed by atoms with E-state index in [1.54, 1.807) is 30.3 Å². The predicted octanol–water partition coefficient (Wildman–Crippen LogP) is 0.551. The number of carbonyl (C=O) groups excluding carboxylic acids is 1. The molecule has 8 heteroatoms. The zero-order chi connectivity index (χ0) is 18.0. The Morgan fingerprint density at radius 3 is 2.68 bits per heavy atom. The summed E-state index contributed by atoms with van der Waals surface area (Å²) < 4.78 is 15.8. The van der Waals surface area contributed by atoms with Crippen LogP contribution in [0.25, 0.3) is 11.2 Å². The van der Waals surface area contributed by atoms with Crippen molar-refractivity contribution in [2.24, 2.45) is 7.05 Å². The average molecular weight is 342 g/mol. The van der Waals surface area contributed by atoms with Crippen molar-refractivity contribution in [3.8, 4) is 0 Å². The molecule has 0 spiro atoms. The van der Waals surface area contributed by atoms with Crippen molar-refractivity contribution in [1.82, 2.24) is 19.4 Å². The van der Waals surface area contributed by atoms with Crippen molar-refractivity contribution < 1.29 is 9.18 Å². The van der Waals surface area contributed by atoms with Crippen molar-refractivity contribution >= 4 is 17.1 Å². The Morgan fingerprint density at radius 2 is 1.92 bits per heavy atom. The van der Waals surface area contributed by atoms with Crippen molar-refractivity contribution in [2.45, 2.75) is 13.1 Å². The van der Waals surface area contributed by atoms with Gasteiger partial charge in [-0.25, -0.2) is 9.37 Å². The lowest BCUT2D eigenvalue weighted by Gasteiger charge is -2.12. The van der Waals surface area contributed by atoms with Crippen LogP contribution in [0, 0.1) is 5.82 Å². The summed E-state index contributed by atoms with van der Waals surface area (Å²) in [5.41, 5.74) is -0.583. The van der Waals surface area contributed by atoms with Gasteiger partial charge in [-0.05, 0) is 18.2 Å². The van der Waals surface area contributed by atoms with E-state index in [0.29, 0.717) is 16.7 Å². The molecule has 2 aromatic heterocycles. The quantitative estimate of drug-likeness (QED) is 0.702. The summed E-state index contributed by atoms with van der Waals surface area (Å²) in [5.74, 6) is -0.938. The van der Waals surface area contributed by atoms with Gasteiger partial charge >= 0.3 is 11.1 Å². The number of nitrogens with zero attached hydrogens (tertiary/aromatic N) is 3. The molecule has 0 radical (unpaired) electrons. The fraction of sp³-hybridized carbons (Fsp3) is 0.176. The number of nitrogens with one attached hydrogen (secondary N) is 1. The smallest absolute Gasteiger partial charge is 0.317 e.